The number of rotatable bonds is 60. The number of hydrogen-bond donors (Lipinski definition) is 0. The quantitative estimate of drug-likeness (QED) is 0.0261. The molecule has 0 aromatic heterocycles. The van der Waals surface area contributed by atoms with Crippen LogP contribution >= 0.6 is 0 Å². The number of carbonyl (C=O) groups excluding carboxylic acids is 3. The summed E-state index contributed by atoms with van der Waals surface area (Å²) >= 11 is 0. The van der Waals surface area contributed by atoms with Gasteiger partial charge in [0.05, 0.1) is 0 Å². The van der Waals surface area contributed by atoms with Crippen molar-refractivity contribution in [2.45, 2.75) is 354 Å². The fourth-order valence-electron chi connectivity index (χ4n) is 9.73. The molecule has 74 heavy (non-hydrogen) atoms. The van der Waals surface area contributed by atoms with E-state index in [1.807, 2.05) is 0 Å². The molecule has 0 rings (SSSR count). The zero-order chi connectivity index (χ0) is 53.6. The molecule has 0 aliphatic heterocycles. The van der Waals surface area contributed by atoms with Crippen LogP contribution in [0.2, 0.25) is 0 Å². The number of carbonyl (C=O) groups is 3. The van der Waals surface area contributed by atoms with Gasteiger partial charge < -0.3 is 14.2 Å². The number of ether oxygens (including phenoxy) is 3. The average molecular weight is 1040 g/mol. The van der Waals surface area contributed by atoms with Crippen LogP contribution in [0.15, 0.2) is 48.6 Å². The first-order valence-corrected chi connectivity index (χ1v) is 32.6. The van der Waals surface area contributed by atoms with Crippen LogP contribution in [0.1, 0.15) is 348 Å². The molecule has 0 N–H and O–H groups in total. The van der Waals surface area contributed by atoms with E-state index in [2.05, 4.69) is 69.4 Å². The fraction of sp³-hybridized carbons (Fsp3) is 0.838. The first-order valence-electron chi connectivity index (χ1n) is 32.6. The largest absolute Gasteiger partial charge is 0.462 e. The summed E-state index contributed by atoms with van der Waals surface area (Å²) in [5, 5.41) is 0. The first-order chi connectivity index (χ1) is 36.5. The van der Waals surface area contributed by atoms with Crippen LogP contribution in [-0.2, 0) is 28.6 Å². The molecular weight excluding hydrogens is 913 g/mol. The molecule has 0 bridgehead atoms. The minimum absolute atomic E-state index is 0.0654. The van der Waals surface area contributed by atoms with Gasteiger partial charge in [0.25, 0.3) is 0 Å². The summed E-state index contributed by atoms with van der Waals surface area (Å²) in [5.41, 5.74) is 0. The number of allylic oxidation sites excluding steroid dienone is 8. The molecule has 0 saturated heterocycles. The van der Waals surface area contributed by atoms with Crippen molar-refractivity contribution in [3.05, 3.63) is 48.6 Å². The lowest BCUT2D eigenvalue weighted by Gasteiger charge is -2.18. The van der Waals surface area contributed by atoms with Crippen molar-refractivity contribution in [1.29, 1.82) is 0 Å². The second kappa shape index (κ2) is 62.9. The number of esters is 3. The predicted molar refractivity (Wildman–Crippen MR) is 321 cm³/mol. The maximum Gasteiger partial charge on any atom is 0.306 e. The van der Waals surface area contributed by atoms with Gasteiger partial charge in [-0.05, 0) is 57.8 Å². The van der Waals surface area contributed by atoms with E-state index in [0.717, 1.165) is 83.5 Å². The summed E-state index contributed by atoms with van der Waals surface area (Å²) in [6.45, 7) is 6.54. The molecule has 0 spiro atoms. The highest BCUT2D eigenvalue weighted by molar-refractivity contribution is 5.71. The minimum Gasteiger partial charge on any atom is -0.462 e. The number of hydrogen-bond acceptors (Lipinski definition) is 6. The van der Waals surface area contributed by atoms with Crippen molar-refractivity contribution in [2.24, 2.45) is 0 Å². The second-order valence-electron chi connectivity index (χ2n) is 22.0. The third-order valence-electron chi connectivity index (χ3n) is 14.6. The van der Waals surface area contributed by atoms with Gasteiger partial charge in [-0.1, -0.05) is 320 Å². The van der Waals surface area contributed by atoms with Crippen molar-refractivity contribution in [3.8, 4) is 0 Å². The lowest BCUT2D eigenvalue weighted by atomic mass is 10.0. The predicted octanol–water partition coefficient (Wildman–Crippen LogP) is 22.2. The molecular formula is C68H124O6. The van der Waals surface area contributed by atoms with E-state index in [1.54, 1.807) is 0 Å². The molecule has 0 aliphatic rings. The Morgan fingerprint density at radius 3 is 0.824 bits per heavy atom. The Balaban J connectivity index is 3.92. The Hall–Kier alpha value is -2.63. The summed E-state index contributed by atoms with van der Waals surface area (Å²) in [6.07, 6.45) is 78.8. The minimum atomic E-state index is -0.764. The molecule has 0 aromatic rings. The molecule has 1 atom stereocenters. The van der Waals surface area contributed by atoms with Crippen LogP contribution in [0.25, 0.3) is 0 Å². The van der Waals surface area contributed by atoms with E-state index in [9.17, 15) is 14.4 Å². The Kier molecular flexibility index (Phi) is 60.7. The van der Waals surface area contributed by atoms with Gasteiger partial charge in [-0.3, -0.25) is 14.4 Å². The van der Waals surface area contributed by atoms with Gasteiger partial charge in [0.1, 0.15) is 13.2 Å². The molecule has 0 aliphatic carbocycles. The van der Waals surface area contributed by atoms with E-state index in [-0.39, 0.29) is 31.1 Å². The third kappa shape index (κ3) is 60.2. The van der Waals surface area contributed by atoms with Gasteiger partial charge in [-0.25, -0.2) is 0 Å². The van der Waals surface area contributed by atoms with Crippen LogP contribution in [0.5, 0.6) is 0 Å². The zero-order valence-corrected chi connectivity index (χ0v) is 49.6. The van der Waals surface area contributed by atoms with E-state index in [4.69, 9.17) is 14.2 Å². The molecule has 6 nitrogen and oxygen atoms in total. The monoisotopic (exact) mass is 1040 g/mol. The molecule has 0 amide bonds. The van der Waals surface area contributed by atoms with E-state index >= 15 is 0 Å². The lowest BCUT2D eigenvalue weighted by Crippen LogP contribution is -2.30. The SMILES string of the molecule is CC/C=C\C/C=C\C/C=C\C/C=C\CCCCCCCCCCCCCCCCCCCCCCCCC(=O)OCC(COC(=O)CCCCCCCCCC)OC(=O)CCCCCCCCCCCCCCC. The van der Waals surface area contributed by atoms with Crippen molar-refractivity contribution in [3.63, 3.8) is 0 Å². The normalized spacial score (nSPS) is 12.3. The van der Waals surface area contributed by atoms with E-state index < -0.39 is 6.10 Å². The summed E-state index contributed by atoms with van der Waals surface area (Å²) in [4.78, 5) is 38.0. The van der Waals surface area contributed by atoms with Crippen LogP contribution in [0.4, 0.5) is 0 Å². The highest BCUT2D eigenvalue weighted by Gasteiger charge is 2.19. The highest BCUT2D eigenvalue weighted by atomic mass is 16.6. The molecule has 6 heteroatoms. The van der Waals surface area contributed by atoms with Crippen molar-refractivity contribution in [2.75, 3.05) is 13.2 Å². The second-order valence-corrected chi connectivity index (χ2v) is 22.0. The topological polar surface area (TPSA) is 78.9 Å². The fourth-order valence-corrected chi connectivity index (χ4v) is 9.73. The number of unbranched alkanes of at least 4 members (excludes halogenated alkanes) is 41. The van der Waals surface area contributed by atoms with E-state index in [1.165, 1.54) is 225 Å². The van der Waals surface area contributed by atoms with Crippen LogP contribution in [0, 0.1) is 0 Å². The smallest absolute Gasteiger partial charge is 0.306 e. The van der Waals surface area contributed by atoms with Gasteiger partial charge in [0, 0.05) is 19.3 Å². The molecule has 0 radical (unpaired) electrons. The maximum atomic E-state index is 12.8. The highest BCUT2D eigenvalue weighted by Crippen LogP contribution is 2.18. The van der Waals surface area contributed by atoms with E-state index in [0.29, 0.717) is 19.3 Å². The standard InChI is InChI=1S/C68H124O6/c1-4-7-10-13-16-19-21-23-24-25-26-27-28-29-30-31-32-33-34-35-36-37-38-39-40-41-42-43-44-46-47-49-52-55-58-61-67(70)73-64-65(63-72-66(69)60-57-54-51-18-15-12-9-6-3)74-68(71)62-59-56-53-50-48-45-22-20-17-14-11-8-5-2/h7,10,16,19,23-24,26-27,65H,4-6,8-9,11-15,17-18,20-22,25,28-64H2,1-3H3/b10-7-,19-16-,24-23-,27-26-. The van der Waals surface area contributed by atoms with Crippen LogP contribution in [-0.4, -0.2) is 37.2 Å². The zero-order valence-electron chi connectivity index (χ0n) is 49.6. The van der Waals surface area contributed by atoms with Crippen LogP contribution in [0.3, 0.4) is 0 Å². The molecule has 0 aromatic carbocycles. The van der Waals surface area contributed by atoms with Crippen LogP contribution < -0.4 is 0 Å². The van der Waals surface area contributed by atoms with Gasteiger partial charge in [0.15, 0.2) is 6.10 Å². The van der Waals surface area contributed by atoms with Gasteiger partial charge in [0.2, 0.25) is 0 Å². The molecule has 0 fully saturated rings. The molecule has 0 saturated carbocycles. The lowest BCUT2D eigenvalue weighted by molar-refractivity contribution is -0.167. The first kappa shape index (κ1) is 71.4. The summed E-state index contributed by atoms with van der Waals surface area (Å²) in [7, 11) is 0. The van der Waals surface area contributed by atoms with Gasteiger partial charge in [-0.2, -0.15) is 0 Å². The molecule has 0 heterocycles. The Labute approximate surface area is 460 Å². The Morgan fingerprint density at radius 2 is 0.527 bits per heavy atom. The summed E-state index contributed by atoms with van der Waals surface area (Å²) < 4.78 is 16.8. The van der Waals surface area contributed by atoms with Gasteiger partial charge in [-0.15, -0.1) is 0 Å². The van der Waals surface area contributed by atoms with Crippen molar-refractivity contribution in [1.82, 2.24) is 0 Å². The maximum absolute atomic E-state index is 12.8. The van der Waals surface area contributed by atoms with Crippen molar-refractivity contribution < 1.29 is 28.6 Å². The summed E-state index contributed by atoms with van der Waals surface area (Å²) in [5.74, 6) is -0.848. The summed E-state index contributed by atoms with van der Waals surface area (Å²) in [6, 6.07) is 0. The molecule has 1 unspecified atom stereocenters. The molecule has 432 valence electrons. The van der Waals surface area contributed by atoms with Gasteiger partial charge >= 0.3 is 17.9 Å². The third-order valence-corrected chi connectivity index (χ3v) is 14.6. The van der Waals surface area contributed by atoms with Crippen molar-refractivity contribution >= 4 is 17.9 Å². The Bertz CT molecular complexity index is 1280. The Morgan fingerprint density at radius 1 is 0.284 bits per heavy atom. The average Bonchev–Trinajstić information content (AvgIpc) is 3.40.